The molecule has 2 unspecified atom stereocenters. The Bertz CT molecular complexity index is 560. The summed E-state index contributed by atoms with van der Waals surface area (Å²) in [6.07, 6.45) is 5.91. The van der Waals surface area contributed by atoms with Gasteiger partial charge in [0.1, 0.15) is 0 Å². The van der Waals surface area contributed by atoms with E-state index >= 15 is 0 Å². The van der Waals surface area contributed by atoms with Crippen molar-refractivity contribution in [2.24, 2.45) is 11.8 Å². The van der Waals surface area contributed by atoms with Crippen LogP contribution in [0.5, 0.6) is 0 Å². The first-order valence-corrected chi connectivity index (χ1v) is 11.9. The summed E-state index contributed by atoms with van der Waals surface area (Å²) >= 11 is 0. The summed E-state index contributed by atoms with van der Waals surface area (Å²) in [6.45, 7) is 6.00. The molecule has 1 aliphatic rings. The van der Waals surface area contributed by atoms with Crippen LogP contribution in [0.3, 0.4) is 0 Å². The van der Waals surface area contributed by atoms with E-state index in [0.717, 1.165) is 32.1 Å². The van der Waals surface area contributed by atoms with Gasteiger partial charge < -0.3 is 0 Å². The normalized spacial score (nSPS) is 21.6. The molecule has 6 nitrogen and oxygen atoms in total. The Kier molecular flexibility index (Phi) is 7.97. The van der Waals surface area contributed by atoms with E-state index in [1.807, 2.05) is 0 Å². The second-order valence-electron chi connectivity index (χ2n) is 6.88. The molecule has 0 saturated carbocycles. The van der Waals surface area contributed by atoms with Crippen molar-refractivity contribution in [3.63, 3.8) is 0 Å². The first-order chi connectivity index (χ1) is 10.6. The lowest BCUT2D eigenvalue weighted by Crippen LogP contribution is -2.31. The highest BCUT2D eigenvalue weighted by Gasteiger charge is 2.29. The second-order valence-corrected chi connectivity index (χ2v) is 11.1. The molecule has 138 valence electrons. The van der Waals surface area contributed by atoms with Gasteiger partial charge in [0, 0.05) is 26.7 Å². The molecule has 0 bridgehead atoms. The molecule has 8 heteroatoms. The fraction of sp³-hybridized carbons (Fsp3) is 1.00. The van der Waals surface area contributed by atoms with Crippen molar-refractivity contribution in [2.45, 2.75) is 46.0 Å². The zero-order valence-corrected chi connectivity index (χ0v) is 16.5. The van der Waals surface area contributed by atoms with E-state index in [-0.39, 0.29) is 5.75 Å². The number of nitrogens with zero attached hydrogens (tertiary/aromatic N) is 2. The number of hydrogen-bond donors (Lipinski definition) is 0. The van der Waals surface area contributed by atoms with Crippen LogP contribution in [0.15, 0.2) is 0 Å². The van der Waals surface area contributed by atoms with Crippen LogP contribution in [0.1, 0.15) is 46.0 Å². The van der Waals surface area contributed by atoms with Gasteiger partial charge in [0.25, 0.3) is 0 Å². The summed E-state index contributed by atoms with van der Waals surface area (Å²) in [5.41, 5.74) is 0. The van der Waals surface area contributed by atoms with Crippen molar-refractivity contribution < 1.29 is 16.8 Å². The molecule has 2 atom stereocenters. The minimum Gasteiger partial charge on any atom is -0.213 e. The largest absolute Gasteiger partial charge is 0.214 e. The van der Waals surface area contributed by atoms with Gasteiger partial charge in [-0.15, -0.1) is 0 Å². The van der Waals surface area contributed by atoms with Gasteiger partial charge in [0.05, 0.1) is 12.0 Å². The van der Waals surface area contributed by atoms with E-state index in [9.17, 15) is 16.8 Å². The summed E-state index contributed by atoms with van der Waals surface area (Å²) in [4.78, 5) is 0. The van der Waals surface area contributed by atoms with Crippen molar-refractivity contribution in [1.82, 2.24) is 8.61 Å². The van der Waals surface area contributed by atoms with Gasteiger partial charge in [-0.3, -0.25) is 0 Å². The standard InChI is InChI=1S/C15H32N2O4S2/c1-5-15(13-17-10-7-11-23(17,20)21)9-6-8-14(2)12-16(3)22(4,18)19/h14-15H,5-13H2,1-4H3. The highest BCUT2D eigenvalue weighted by molar-refractivity contribution is 7.89. The molecule has 0 aromatic carbocycles. The summed E-state index contributed by atoms with van der Waals surface area (Å²) in [5, 5.41) is 0. The third-order valence-electron chi connectivity index (χ3n) is 4.69. The lowest BCUT2D eigenvalue weighted by Gasteiger charge is -2.23. The van der Waals surface area contributed by atoms with Crippen molar-refractivity contribution in [3.8, 4) is 0 Å². The van der Waals surface area contributed by atoms with Crippen LogP contribution >= 0.6 is 0 Å². The summed E-state index contributed by atoms with van der Waals surface area (Å²) < 4.78 is 49.6. The first-order valence-electron chi connectivity index (χ1n) is 8.45. The highest BCUT2D eigenvalue weighted by atomic mass is 32.2. The predicted molar refractivity (Wildman–Crippen MR) is 94.2 cm³/mol. The van der Waals surface area contributed by atoms with Crippen molar-refractivity contribution in [1.29, 1.82) is 0 Å². The molecule has 0 aromatic rings. The van der Waals surface area contributed by atoms with Crippen molar-refractivity contribution in [2.75, 3.05) is 38.7 Å². The van der Waals surface area contributed by atoms with Crippen LogP contribution < -0.4 is 0 Å². The van der Waals surface area contributed by atoms with E-state index in [4.69, 9.17) is 0 Å². The van der Waals surface area contributed by atoms with Gasteiger partial charge >= 0.3 is 0 Å². The van der Waals surface area contributed by atoms with E-state index in [2.05, 4.69) is 13.8 Å². The molecule has 1 aliphatic heterocycles. The fourth-order valence-corrected chi connectivity index (χ4v) is 5.15. The predicted octanol–water partition coefficient (Wildman–Crippen LogP) is 1.75. The van der Waals surface area contributed by atoms with Gasteiger partial charge in [0.2, 0.25) is 20.0 Å². The van der Waals surface area contributed by atoms with Crippen LogP contribution in [0.2, 0.25) is 0 Å². The molecule has 1 heterocycles. The molecular formula is C15H32N2O4S2. The monoisotopic (exact) mass is 368 g/mol. The van der Waals surface area contributed by atoms with E-state index in [1.165, 1.54) is 10.6 Å². The lowest BCUT2D eigenvalue weighted by molar-refractivity contribution is 0.316. The first kappa shape index (κ1) is 20.9. The molecule has 1 fully saturated rings. The zero-order valence-electron chi connectivity index (χ0n) is 14.9. The summed E-state index contributed by atoms with van der Waals surface area (Å²) in [6, 6.07) is 0. The highest BCUT2D eigenvalue weighted by Crippen LogP contribution is 2.22. The Morgan fingerprint density at radius 2 is 1.91 bits per heavy atom. The quantitative estimate of drug-likeness (QED) is 0.589. The van der Waals surface area contributed by atoms with Gasteiger partial charge in [-0.05, 0) is 31.1 Å². The molecule has 1 saturated heterocycles. The molecule has 0 amide bonds. The van der Waals surface area contributed by atoms with E-state index in [0.29, 0.717) is 31.5 Å². The van der Waals surface area contributed by atoms with Gasteiger partial charge in [-0.1, -0.05) is 26.7 Å². The van der Waals surface area contributed by atoms with Crippen LogP contribution in [0.25, 0.3) is 0 Å². The topological polar surface area (TPSA) is 74.8 Å². The Morgan fingerprint density at radius 1 is 1.26 bits per heavy atom. The maximum absolute atomic E-state index is 11.9. The van der Waals surface area contributed by atoms with Gasteiger partial charge in [-0.2, -0.15) is 0 Å². The molecule has 0 N–H and O–H groups in total. The van der Waals surface area contributed by atoms with Crippen LogP contribution in [0.4, 0.5) is 0 Å². The maximum atomic E-state index is 11.9. The number of hydrogen-bond acceptors (Lipinski definition) is 4. The Morgan fingerprint density at radius 3 is 2.39 bits per heavy atom. The molecule has 23 heavy (non-hydrogen) atoms. The van der Waals surface area contributed by atoms with Gasteiger partial charge in [0.15, 0.2) is 0 Å². The van der Waals surface area contributed by atoms with Gasteiger partial charge in [-0.25, -0.2) is 25.4 Å². The third kappa shape index (κ3) is 7.07. The average molecular weight is 369 g/mol. The lowest BCUT2D eigenvalue weighted by atomic mass is 9.95. The molecular weight excluding hydrogens is 336 g/mol. The average Bonchev–Trinajstić information content (AvgIpc) is 2.75. The minimum atomic E-state index is -3.11. The SMILES string of the molecule is CCC(CCCC(C)CN(C)S(C)(=O)=O)CN1CCCS1(=O)=O. The maximum Gasteiger partial charge on any atom is 0.214 e. The fourth-order valence-electron chi connectivity index (χ4n) is 3.03. The Balaban J connectivity index is 2.35. The molecule has 0 radical (unpaired) electrons. The van der Waals surface area contributed by atoms with Crippen LogP contribution in [0, 0.1) is 11.8 Å². The summed E-state index contributed by atoms with van der Waals surface area (Å²) in [5.74, 6) is 0.989. The summed E-state index contributed by atoms with van der Waals surface area (Å²) in [7, 11) is -4.51. The van der Waals surface area contributed by atoms with Crippen molar-refractivity contribution in [3.05, 3.63) is 0 Å². The zero-order chi connectivity index (χ0) is 17.7. The second kappa shape index (κ2) is 8.78. The Hall–Kier alpha value is -0.180. The molecule has 0 aromatic heterocycles. The van der Waals surface area contributed by atoms with Crippen LogP contribution in [-0.2, 0) is 20.0 Å². The molecule has 1 rings (SSSR count). The minimum absolute atomic E-state index is 0.290. The van der Waals surface area contributed by atoms with Crippen molar-refractivity contribution >= 4 is 20.0 Å². The number of rotatable bonds is 10. The van der Waals surface area contributed by atoms with E-state index in [1.54, 1.807) is 11.4 Å². The van der Waals surface area contributed by atoms with E-state index < -0.39 is 20.0 Å². The number of sulfonamides is 2. The molecule has 0 aliphatic carbocycles. The third-order valence-corrected chi connectivity index (χ3v) is 7.89. The van der Waals surface area contributed by atoms with Crippen LogP contribution in [-0.4, -0.2) is 64.1 Å². The molecule has 0 spiro atoms. The smallest absolute Gasteiger partial charge is 0.213 e. The Labute approximate surface area is 142 Å².